The highest BCUT2D eigenvalue weighted by Crippen LogP contribution is 2.25. The van der Waals surface area contributed by atoms with E-state index in [0.29, 0.717) is 12.8 Å². The van der Waals surface area contributed by atoms with E-state index in [9.17, 15) is 9.59 Å². The standard InChI is InChI=1S/C19H24BrNO3/c1-14(2)17(10-6-7-11-20)18(22)21-16(13-24-19(21)23)12-15-8-4-3-5-9-15/h3-9,14,16-17H,10-13H2,1-2H3/t16-,17-/m0/s1. The van der Waals surface area contributed by atoms with Gasteiger partial charge in [0.05, 0.1) is 6.04 Å². The van der Waals surface area contributed by atoms with E-state index in [1.54, 1.807) is 0 Å². The van der Waals surface area contributed by atoms with E-state index in [2.05, 4.69) is 15.9 Å². The van der Waals surface area contributed by atoms with Crippen molar-refractivity contribution < 1.29 is 14.3 Å². The number of carbonyl (C=O) groups excluding carboxylic acids is 2. The first kappa shape index (κ1) is 18.7. The Balaban J connectivity index is 2.13. The Bertz CT molecular complexity index is 586. The predicted octanol–water partition coefficient (Wildman–Crippen LogP) is 4.19. The maximum absolute atomic E-state index is 13.0. The van der Waals surface area contributed by atoms with Gasteiger partial charge in [0.15, 0.2) is 0 Å². The minimum atomic E-state index is -0.518. The lowest BCUT2D eigenvalue weighted by Gasteiger charge is -2.26. The highest BCUT2D eigenvalue weighted by molar-refractivity contribution is 9.09. The van der Waals surface area contributed by atoms with Crippen LogP contribution in [0, 0.1) is 11.8 Å². The van der Waals surface area contributed by atoms with E-state index >= 15 is 0 Å². The number of cyclic esters (lactones) is 1. The van der Waals surface area contributed by atoms with Crippen LogP contribution >= 0.6 is 15.9 Å². The number of benzene rings is 1. The molecule has 24 heavy (non-hydrogen) atoms. The minimum Gasteiger partial charge on any atom is -0.447 e. The zero-order valence-electron chi connectivity index (χ0n) is 14.2. The van der Waals surface area contributed by atoms with Gasteiger partial charge >= 0.3 is 6.09 Å². The Kier molecular flexibility index (Phi) is 7.03. The molecule has 2 atom stereocenters. The van der Waals surface area contributed by atoms with E-state index in [1.165, 1.54) is 4.90 Å². The van der Waals surface area contributed by atoms with Crippen molar-refractivity contribution in [1.82, 2.24) is 4.90 Å². The summed E-state index contributed by atoms with van der Waals surface area (Å²) in [5.74, 6) is -0.194. The quantitative estimate of drug-likeness (QED) is 0.515. The molecular formula is C19H24BrNO3. The van der Waals surface area contributed by atoms with E-state index < -0.39 is 6.09 Å². The number of rotatable bonds is 7. The third-order valence-corrected chi connectivity index (χ3v) is 4.65. The molecule has 1 fully saturated rings. The summed E-state index contributed by atoms with van der Waals surface area (Å²) in [6.45, 7) is 4.29. The van der Waals surface area contributed by atoms with Gasteiger partial charge in [-0.3, -0.25) is 4.79 Å². The first-order chi connectivity index (χ1) is 11.5. The Labute approximate surface area is 152 Å². The van der Waals surface area contributed by atoms with Gasteiger partial charge in [-0.25, -0.2) is 9.69 Å². The van der Waals surface area contributed by atoms with Crippen LogP contribution in [-0.2, 0) is 16.0 Å². The molecule has 1 aliphatic rings. The van der Waals surface area contributed by atoms with Gasteiger partial charge in [0, 0.05) is 11.2 Å². The number of hydrogen-bond donors (Lipinski definition) is 0. The number of allylic oxidation sites excluding steroid dienone is 2. The monoisotopic (exact) mass is 393 g/mol. The molecule has 0 radical (unpaired) electrons. The SMILES string of the molecule is CC(C)[C@H](CC=CCBr)C(=O)N1C(=O)OC[C@@H]1Cc1ccccc1. The van der Waals surface area contributed by atoms with Gasteiger partial charge in [-0.05, 0) is 24.3 Å². The molecule has 1 aromatic rings. The average Bonchev–Trinajstić information content (AvgIpc) is 2.92. The molecule has 0 aromatic heterocycles. The molecule has 0 unspecified atom stereocenters. The lowest BCUT2D eigenvalue weighted by atomic mass is 9.90. The van der Waals surface area contributed by atoms with E-state index in [0.717, 1.165) is 10.9 Å². The van der Waals surface area contributed by atoms with Crippen molar-refractivity contribution >= 4 is 27.9 Å². The number of ether oxygens (including phenoxy) is 1. The first-order valence-electron chi connectivity index (χ1n) is 8.29. The summed E-state index contributed by atoms with van der Waals surface area (Å²) in [5.41, 5.74) is 1.10. The summed E-state index contributed by atoms with van der Waals surface area (Å²) in [5, 5.41) is 0.758. The summed E-state index contributed by atoms with van der Waals surface area (Å²) in [6.07, 6.45) is 4.71. The van der Waals surface area contributed by atoms with Gasteiger partial charge in [0.2, 0.25) is 5.91 Å². The Morgan fingerprint density at radius 1 is 1.33 bits per heavy atom. The Hall–Kier alpha value is -1.62. The van der Waals surface area contributed by atoms with Crippen molar-refractivity contribution in [3.8, 4) is 0 Å². The van der Waals surface area contributed by atoms with Gasteiger partial charge < -0.3 is 4.74 Å². The number of imide groups is 1. The summed E-state index contributed by atoms with van der Waals surface area (Å²) in [7, 11) is 0. The molecule has 1 aromatic carbocycles. The van der Waals surface area contributed by atoms with Crippen LogP contribution in [-0.4, -0.2) is 34.9 Å². The van der Waals surface area contributed by atoms with Crippen molar-refractivity contribution in [3.63, 3.8) is 0 Å². The molecule has 0 bridgehead atoms. The van der Waals surface area contributed by atoms with Crippen molar-refractivity contribution in [2.75, 3.05) is 11.9 Å². The fraction of sp³-hybridized carbons (Fsp3) is 0.474. The van der Waals surface area contributed by atoms with Crippen molar-refractivity contribution in [2.45, 2.75) is 32.7 Å². The normalized spacial score (nSPS) is 19.1. The second-order valence-electron chi connectivity index (χ2n) is 6.34. The molecule has 2 amide bonds. The summed E-state index contributed by atoms with van der Waals surface area (Å²) in [6, 6.07) is 9.65. The number of alkyl halides is 1. The van der Waals surface area contributed by atoms with Crippen LogP contribution in [0.25, 0.3) is 0 Å². The van der Waals surface area contributed by atoms with Crippen molar-refractivity contribution in [3.05, 3.63) is 48.0 Å². The molecule has 1 saturated heterocycles. The van der Waals surface area contributed by atoms with E-state index in [-0.39, 0.29) is 30.4 Å². The lowest BCUT2D eigenvalue weighted by molar-refractivity contribution is -0.134. The number of halogens is 1. The number of amides is 2. The van der Waals surface area contributed by atoms with Gasteiger partial charge in [-0.15, -0.1) is 0 Å². The zero-order chi connectivity index (χ0) is 17.5. The molecule has 0 aliphatic carbocycles. The Morgan fingerprint density at radius 3 is 2.67 bits per heavy atom. The minimum absolute atomic E-state index is 0.132. The van der Waals surface area contributed by atoms with Crippen LogP contribution in [0.2, 0.25) is 0 Å². The molecule has 0 spiro atoms. The van der Waals surface area contributed by atoms with Crippen LogP contribution in [0.15, 0.2) is 42.5 Å². The molecule has 5 heteroatoms. The van der Waals surface area contributed by atoms with Gasteiger partial charge in [-0.2, -0.15) is 0 Å². The molecule has 0 N–H and O–H groups in total. The molecule has 130 valence electrons. The molecular weight excluding hydrogens is 370 g/mol. The molecule has 1 aliphatic heterocycles. The van der Waals surface area contributed by atoms with Crippen LogP contribution < -0.4 is 0 Å². The maximum atomic E-state index is 13.0. The molecule has 4 nitrogen and oxygen atoms in total. The van der Waals surface area contributed by atoms with Crippen LogP contribution in [0.4, 0.5) is 4.79 Å². The third-order valence-electron chi connectivity index (χ3n) is 4.28. The second kappa shape index (κ2) is 9.02. The highest BCUT2D eigenvalue weighted by Gasteiger charge is 2.41. The molecule has 2 rings (SSSR count). The molecule has 0 saturated carbocycles. The van der Waals surface area contributed by atoms with Crippen molar-refractivity contribution in [1.29, 1.82) is 0 Å². The number of hydrogen-bond acceptors (Lipinski definition) is 3. The lowest BCUT2D eigenvalue weighted by Crippen LogP contribution is -2.44. The van der Waals surface area contributed by atoms with E-state index in [4.69, 9.17) is 4.74 Å². The average molecular weight is 394 g/mol. The third kappa shape index (κ3) is 4.69. The zero-order valence-corrected chi connectivity index (χ0v) is 15.7. The predicted molar refractivity (Wildman–Crippen MR) is 98.0 cm³/mol. The summed E-state index contributed by atoms with van der Waals surface area (Å²) in [4.78, 5) is 26.4. The largest absolute Gasteiger partial charge is 0.447 e. The number of nitrogens with zero attached hydrogens (tertiary/aromatic N) is 1. The van der Waals surface area contributed by atoms with Crippen LogP contribution in [0.5, 0.6) is 0 Å². The first-order valence-corrected chi connectivity index (χ1v) is 9.41. The van der Waals surface area contributed by atoms with E-state index in [1.807, 2.05) is 56.3 Å². The Morgan fingerprint density at radius 2 is 2.04 bits per heavy atom. The smallest absolute Gasteiger partial charge is 0.416 e. The fourth-order valence-corrected chi connectivity index (χ4v) is 3.17. The fourth-order valence-electron chi connectivity index (χ4n) is 2.91. The second-order valence-corrected chi connectivity index (χ2v) is 6.99. The molecule has 1 heterocycles. The maximum Gasteiger partial charge on any atom is 0.416 e. The summed E-state index contributed by atoms with van der Waals surface area (Å²) < 4.78 is 5.17. The highest BCUT2D eigenvalue weighted by atomic mass is 79.9. The van der Waals surface area contributed by atoms with Gasteiger partial charge in [0.1, 0.15) is 6.61 Å². The van der Waals surface area contributed by atoms with Crippen LogP contribution in [0.1, 0.15) is 25.8 Å². The summed E-state index contributed by atoms with van der Waals surface area (Å²) >= 11 is 3.34. The van der Waals surface area contributed by atoms with Gasteiger partial charge in [-0.1, -0.05) is 72.3 Å². The van der Waals surface area contributed by atoms with Gasteiger partial charge in [0.25, 0.3) is 0 Å². The van der Waals surface area contributed by atoms with Crippen molar-refractivity contribution in [2.24, 2.45) is 11.8 Å². The number of carbonyl (C=O) groups is 2. The van der Waals surface area contributed by atoms with Crippen LogP contribution in [0.3, 0.4) is 0 Å². The topological polar surface area (TPSA) is 46.6 Å².